The third-order valence-corrected chi connectivity index (χ3v) is 2.80. The van der Waals surface area contributed by atoms with Crippen molar-refractivity contribution in [3.63, 3.8) is 0 Å². The van der Waals surface area contributed by atoms with E-state index >= 15 is 0 Å². The molecule has 14 heavy (non-hydrogen) atoms. The first-order valence-corrected chi connectivity index (χ1v) is 5.90. The van der Waals surface area contributed by atoms with Crippen LogP contribution >= 0.6 is 0 Å². The second-order valence-corrected chi connectivity index (χ2v) is 4.07. The fraction of sp³-hybridized carbons (Fsp3) is 0.917. The standard InChI is InChI=1S/C12H24O2/c1-4-7-10(8-5-2)11(9-6-3)12(13)14/h10-11H,4-9H2,1-3H3,(H,13,14). The molecule has 0 rings (SSSR count). The highest BCUT2D eigenvalue weighted by Crippen LogP contribution is 2.27. The molecule has 84 valence electrons. The zero-order valence-electron chi connectivity index (χ0n) is 9.75. The molecule has 0 aromatic carbocycles. The van der Waals surface area contributed by atoms with Gasteiger partial charge in [0.05, 0.1) is 5.92 Å². The molecule has 0 aliphatic heterocycles. The van der Waals surface area contributed by atoms with E-state index in [2.05, 4.69) is 20.8 Å². The predicted molar refractivity (Wildman–Crippen MR) is 59.3 cm³/mol. The van der Waals surface area contributed by atoms with Gasteiger partial charge in [-0.05, 0) is 25.2 Å². The van der Waals surface area contributed by atoms with E-state index in [1.807, 2.05) is 0 Å². The van der Waals surface area contributed by atoms with E-state index in [-0.39, 0.29) is 5.92 Å². The molecule has 0 bridgehead atoms. The van der Waals surface area contributed by atoms with Crippen LogP contribution < -0.4 is 0 Å². The smallest absolute Gasteiger partial charge is 0.306 e. The van der Waals surface area contributed by atoms with Gasteiger partial charge in [-0.2, -0.15) is 0 Å². The maximum Gasteiger partial charge on any atom is 0.306 e. The molecule has 0 fully saturated rings. The first-order chi connectivity index (χ1) is 6.67. The van der Waals surface area contributed by atoms with E-state index in [4.69, 9.17) is 5.11 Å². The van der Waals surface area contributed by atoms with Gasteiger partial charge in [-0.3, -0.25) is 4.79 Å². The Kier molecular flexibility index (Phi) is 7.54. The van der Waals surface area contributed by atoms with Crippen molar-refractivity contribution in [1.29, 1.82) is 0 Å². The SMILES string of the molecule is CCCC(CCC)C(CCC)C(=O)O. The van der Waals surface area contributed by atoms with Crippen molar-refractivity contribution in [2.24, 2.45) is 11.8 Å². The molecule has 2 heteroatoms. The number of carbonyl (C=O) groups is 1. The van der Waals surface area contributed by atoms with Gasteiger partial charge in [-0.15, -0.1) is 0 Å². The van der Waals surface area contributed by atoms with Crippen molar-refractivity contribution < 1.29 is 9.90 Å². The molecule has 0 saturated heterocycles. The number of carboxylic acids is 1. The van der Waals surface area contributed by atoms with E-state index < -0.39 is 5.97 Å². The summed E-state index contributed by atoms with van der Waals surface area (Å²) in [5.41, 5.74) is 0. The molecule has 0 amide bonds. The third kappa shape index (κ3) is 4.64. The second kappa shape index (κ2) is 7.84. The van der Waals surface area contributed by atoms with Crippen LogP contribution in [0.15, 0.2) is 0 Å². The van der Waals surface area contributed by atoms with Crippen molar-refractivity contribution in [3.8, 4) is 0 Å². The molecule has 2 nitrogen and oxygen atoms in total. The van der Waals surface area contributed by atoms with Crippen LogP contribution in [0, 0.1) is 11.8 Å². The lowest BCUT2D eigenvalue weighted by atomic mass is 9.82. The monoisotopic (exact) mass is 200 g/mol. The number of aliphatic carboxylic acids is 1. The fourth-order valence-electron chi connectivity index (χ4n) is 2.16. The van der Waals surface area contributed by atoms with Gasteiger partial charge in [0, 0.05) is 0 Å². The largest absolute Gasteiger partial charge is 0.481 e. The quantitative estimate of drug-likeness (QED) is 0.648. The van der Waals surface area contributed by atoms with Crippen molar-refractivity contribution in [1.82, 2.24) is 0 Å². The van der Waals surface area contributed by atoms with E-state index in [0.29, 0.717) is 5.92 Å². The van der Waals surface area contributed by atoms with Crippen LogP contribution in [0.2, 0.25) is 0 Å². The van der Waals surface area contributed by atoms with Crippen LogP contribution in [0.5, 0.6) is 0 Å². The molecule has 1 atom stereocenters. The van der Waals surface area contributed by atoms with Crippen LogP contribution in [-0.4, -0.2) is 11.1 Å². The molecule has 0 saturated carbocycles. The molecule has 1 unspecified atom stereocenters. The Morgan fingerprint density at radius 3 is 1.71 bits per heavy atom. The van der Waals surface area contributed by atoms with Gasteiger partial charge in [-0.1, -0.05) is 40.0 Å². The zero-order chi connectivity index (χ0) is 11.0. The Morgan fingerprint density at radius 2 is 1.43 bits per heavy atom. The molecule has 0 aromatic rings. The van der Waals surface area contributed by atoms with Crippen LogP contribution in [0.4, 0.5) is 0 Å². The molecule has 0 heterocycles. The van der Waals surface area contributed by atoms with Crippen LogP contribution in [0.25, 0.3) is 0 Å². The minimum atomic E-state index is -0.598. The molecule has 1 N–H and O–H groups in total. The van der Waals surface area contributed by atoms with Gasteiger partial charge in [0.15, 0.2) is 0 Å². The number of carboxylic acid groups (broad SMARTS) is 1. The summed E-state index contributed by atoms with van der Waals surface area (Å²) < 4.78 is 0. The molecular weight excluding hydrogens is 176 g/mol. The first kappa shape index (κ1) is 13.5. The number of hydrogen-bond donors (Lipinski definition) is 1. The number of rotatable bonds is 8. The minimum Gasteiger partial charge on any atom is -0.481 e. The van der Waals surface area contributed by atoms with Gasteiger partial charge in [0.1, 0.15) is 0 Å². The van der Waals surface area contributed by atoms with Crippen LogP contribution in [0.3, 0.4) is 0 Å². The molecule has 0 aliphatic rings. The summed E-state index contributed by atoms with van der Waals surface area (Å²) in [5.74, 6) is -0.318. The Morgan fingerprint density at radius 1 is 1.00 bits per heavy atom. The number of hydrogen-bond acceptors (Lipinski definition) is 1. The average Bonchev–Trinajstić information content (AvgIpc) is 2.13. The highest BCUT2D eigenvalue weighted by atomic mass is 16.4. The van der Waals surface area contributed by atoms with E-state index in [1.165, 1.54) is 0 Å². The summed E-state index contributed by atoms with van der Waals surface area (Å²) in [7, 11) is 0. The summed E-state index contributed by atoms with van der Waals surface area (Å²) >= 11 is 0. The predicted octanol–water partition coefficient (Wildman–Crippen LogP) is 3.70. The summed E-state index contributed by atoms with van der Waals surface area (Å²) in [6.07, 6.45) is 6.12. The summed E-state index contributed by atoms with van der Waals surface area (Å²) in [6.45, 7) is 6.33. The minimum absolute atomic E-state index is 0.111. The van der Waals surface area contributed by atoms with E-state index in [9.17, 15) is 4.79 Å². The lowest BCUT2D eigenvalue weighted by Gasteiger charge is -2.22. The lowest BCUT2D eigenvalue weighted by Crippen LogP contribution is -2.23. The lowest BCUT2D eigenvalue weighted by molar-refractivity contribution is -0.144. The normalized spacial score (nSPS) is 13.1. The molecule has 0 radical (unpaired) electrons. The van der Waals surface area contributed by atoms with Crippen LogP contribution in [-0.2, 0) is 4.79 Å². The summed E-state index contributed by atoms with van der Waals surface area (Å²) in [4.78, 5) is 11.1. The van der Waals surface area contributed by atoms with Crippen molar-refractivity contribution >= 4 is 5.97 Å². The second-order valence-electron chi connectivity index (χ2n) is 4.07. The van der Waals surface area contributed by atoms with Gasteiger partial charge in [0.25, 0.3) is 0 Å². The molecular formula is C12H24O2. The average molecular weight is 200 g/mol. The molecule has 0 aliphatic carbocycles. The van der Waals surface area contributed by atoms with Gasteiger partial charge in [-0.25, -0.2) is 0 Å². The highest BCUT2D eigenvalue weighted by Gasteiger charge is 2.25. The Labute approximate surface area is 87.7 Å². The Balaban J connectivity index is 4.29. The highest BCUT2D eigenvalue weighted by molar-refractivity contribution is 5.70. The fourth-order valence-corrected chi connectivity index (χ4v) is 2.16. The first-order valence-electron chi connectivity index (χ1n) is 5.90. The maximum atomic E-state index is 11.1. The van der Waals surface area contributed by atoms with E-state index in [1.54, 1.807) is 0 Å². The van der Waals surface area contributed by atoms with E-state index in [0.717, 1.165) is 38.5 Å². The maximum absolute atomic E-state index is 11.1. The Hall–Kier alpha value is -0.530. The zero-order valence-corrected chi connectivity index (χ0v) is 9.75. The molecule has 0 aromatic heterocycles. The van der Waals surface area contributed by atoms with Crippen molar-refractivity contribution in [3.05, 3.63) is 0 Å². The summed E-state index contributed by atoms with van der Waals surface area (Å²) in [6, 6.07) is 0. The topological polar surface area (TPSA) is 37.3 Å². The van der Waals surface area contributed by atoms with Crippen molar-refractivity contribution in [2.75, 3.05) is 0 Å². The molecule has 0 spiro atoms. The Bertz CT molecular complexity index is 148. The van der Waals surface area contributed by atoms with Gasteiger partial charge in [0.2, 0.25) is 0 Å². The summed E-state index contributed by atoms with van der Waals surface area (Å²) in [5, 5.41) is 9.13. The van der Waals surface area contributed by atoms with Gasteiger partial charge < -0.3 is 5.11 Å². The third-order valence-electron chi connectivity index (χ3n) is 2.80. The van der Waals surface area contributed by atoms with Gasteiger partial charge >= 0.3 is 5.97 Å². The van der Waals surface area contributed by atoms with Crippen molar-refractivity contribution in [2.45, 2.75) is 59.3 Å². The van der Waals surface area contributed by atoms with Crippen LogP contribution in [0.1, 0.15) is 59.3 Å².